The molecule has 11 nitrogen and oxygen atoms in total. The number of halogens is 1. The Labute approximate surface area is 273 Å². The molecule has 0 aliphatic carbocycles. The quantitative estimate of drug-likeness (QED) is 0.0960. The maximum absolute atomic E-state index is 12.2. The number of allylic oxidation sites excluding steroid dienone is 2. The molecule has 0 saturated heterocycles. The molecular formula is C32H35ClN3O8S2+. The molecule has 5 rings (SSSR count). The lowest BCUT2D eigenvalue weighted by Gasteiger charge is -2.18. The molecule has 3 aromatic carbocycles. The van der Waals surface area contributed by atoms with Gasteiger partial charge in [0.2, 0.25) is 11.5 Å². The predicted octanol–water partition coefficient (Wildman–Crippen LogP) is 5.72. The van der Waals surface area contributed by atoms with Gasteiger partial charge in [0, 0.05) is 30.3 Å². The molecule has 2 N–H and O–H groups in total. The second-order valence-electron chi connectivity index (χ2n) is 10.5. The molecule has 244 valence electrons. The van der Waals surface area contributed by atoms with Crippen LogP contribution in [0.1, 0.15) is 32.6 Å². The molecule has 1 aromatic heterocycles. The predicted molar refractivity (Wildman–Crippen MR) is 177 cm³/mol. The van der Waals surface area contributed by atoms with Crippen LogP contribution in [-0.4, -0.2) is 46.0 Å². The van der Waals surface area contributed by atoms with Crippen LogP contribution in [0.4, 0.5) is 5.69 Å². The Balaban J connectivity index is 1.51. The van der Waals surface area contributed by atoms with E-state index in [9.17, 15) is 21.4 Å². The van der Waals surface area contributed by atoms with E-state index in [1.807, 2.05) is 66.4 Å². The van der Waals surface area contributed by atoms with E-state index in [1.165, 1.54) is 0 Å². The number of aryl methyl sites for hydroxylation is 1. The summed E-state index contributed by atoms with van der Waals surface area (Å²) in [5, 5.41) is 0.500. The Morgan fingerprint density at radius 3 is 2.52 bits per heavy atom. The Hall–Kier alpha value is -3.72. The van der Waals surface area contributed by atoms with Crippen LogP contribution in [0.2, 0.25) is 5.02 Å². The number of fused-ring (bicyclic) bond motifs is 2. The van der Waals surface area contributed by atoms with Gasteiger partial charge >= 0.3 is 5.89 Å². The Morgan fingerprint density at radius 2 is 1.80 bits per heavy atom. The first-order valence-corrected chi connectivity index (χ1v) is 18.3. The van der Waals surface area contributed by atoms with E-state index in [-0.39, 0.29) is 18.7 Å². The minimum Gasteiger partial charge on any atom is -0.439 e. The number of hydrogen-bond acceptors (Lipinski definition) is 9. The molecule has 0 bridgehead atoms. The van der Waals surface area contributed by atoms with Gasteiger partial charge in [-0.3, -0.25) is 4.55 Å². The number of aromatic nitrogens is 1. The van der Waals surface area contributed by atoms with Crippen molar-refractivity contribution in [3.8, 4) is 16.9 Å². The standard InChI is InChI=1S/C32H34ClN3O8S2/c1-3-23(19-31-35(15-8-17-46(40,41)44-34-4-2)28-22-26(33)12-14-30(28)43-31)20-32-36(16-18-45(37,38)39)27-21-25(11-13-29(27)42-32)24-9-6-5-7-10-24/h5-7,9-14,19-22,34H,3-4,8,15-18H2,1-2H3/p+1. The molecule has 1 aliphatic heterocycles. The monoisotopic (exact) mass is 688 g/mol. The number of oxazole rings is 1. The third-order valence-electron chi connectivity index (χ3n) is 7.23. The fraction of sp³-hybridized carbons (Fsp3) is 0.281. The Bertz CT molecular complexity index is 1990. The van der Waals surface area contributed by atoms with Gasteiger partial charge in [-0.2, -0.15) is 31.2 Å². The second kappa shape index (κ2) is 14.4. The van der Waals surface area contributed by atoms with Crippen molar-refractivity contribution in [2.75, 3.05) is 29.5 Å². The molecule has 14 heteroatoms. The number of hydroxylamine groups is 1. The van der Waals surface area contributed by atoms with Crippen LogP contribution < -0.4 is 19.7 Å². The van der Waals surface area contributed by atoms with E-state index >= 15 is 0 Å². The first-order chi connectivity index (χ1) is 22.0. The maximum Gasteiger partial charge on any atom is 0.374 e. The van der Waals surface area contributed by atoms with Crippen LogP contribution in [0.5, 0.6) is 5.75 Å². The molecule has 0 radical (unpaired) electrons. The highest BCUT2D eigenvalue weighted by Gasteiger charge is 2.28. The van der Waals surface area contributed by atoms with E-state index in [0.29, 0.717) is 58.8 Å². The molecule has 0 unspecified atom stereocenters. The lowest BCUT2D eigenvalue weighted by atomic mass is 10.1. The fourth-order valence-corrected chi connectivity index (χ4v) is 6.46. The lowest BCUT2D eigenvalue weighted by molar-refractivity contribution is -0.673. The van der Waals surface area contributed by atoms with Gasteiger partial charge < -0.3 is 14.1 Å². The lowest BCUT2D eigenvalue weighted by Crippen LogP contribution is -2.38. The number of nitrogens with zero attached hydrogens (tertiary/aromatic N) is 2. The summed E-state index contributed by atoms with van der Waals surface area (Å²) in [6.45, 7) is 4.29. The van der Waals surface area contributed by atoms with E-state index < -0.39 is 26.0 Å². The van der Waals surface area contributed by atoms with Gasteiger partial charge in [0.1, 0.15) is 5.75 Å². The van der Waals surface area contributed by atoms with Gasteiger partial charge in [0.15, 0.2) is 12.3 Å². The molecule has 4 aromatic rings. The topological polar surface area (TPSA) is 139 Å². The molecule has 0 fully saturated rings. The summed E-state index contributed by atoms with van der Waals surface area (Å²) in [5.74, 6) is 0.696. The van der Waals surface area contributed by atoms with E-state index in [2.05, 4.69) is 5.48 Å². The van der Waals surface area contributed by atoms with Gasteiger partial charge in [-0.15, -0.1) is 0 Å². The van der Waals surface area contributed by atoms with E-state index in [4.69, 9.17) is 25.0 Å². The molecule has 0 spiro atoms. The number of hydrogen-bond donors (Lipinski definition) is 2. The van der Waals surface area contributed by atoms with E-state index in [0.717, 1.165) is 16.7 Å². The molecule has 1 aliphatic rings. The van der Waals surface area contributed by atoms with Crippen molar-refractivity contribution in [2.45, 2.75) is 33.2 Å². The van der Waals surface area contributed by atoms with Gasteiger partial charge in [0.05, 0.1) is 17.5 Å². The van der Waals surface area contributed by atoms with Crippen molar-refractivity contribution >= 4 is 54.7 Å². The van der Waals surface area contributed by atoms with Crippen molar-refractivity contribution in [1.82, 2.24) is 5.48 Å². The third kappa shape index (κ3) is 8.35. The summed E-state index contributed by atoms with van der Waals surface area (Å²) >= 11 is 6.30. The number of rotatable bonds is 14. The van der Waals surface area contributed by atoms with Crippen LogP contribution in [-0.2, 0) is 31.1 Å². The highest BCUT2D eigenvalue weighted by molar-refractivity contribution is 7.86. The minimum absolute atomic E-state index is 0.0422. The van der Waals surface area contributed by atoms with Crippen molar-refractivity contribution in [3.63, 3.8) is 0 Å². The second-order valence-corrected chi connectivity index (χ2v) is 14.2. The van der Waals surface area contributed by atoms with Crippen LogP contribution in [0.3, 0.4) is 0 Å². The molecule has 0 atom stereocenters. The van der Waals surface area contributed by atoms with Crippen molar-refractivity contribution in [1.29, 1.82) is 0 Å². The first-order valence-electron chi connectivity index (χ1n) is 14.7. The van der Waals surface area contributed by atoms with Crippen molar-refractivity contribution < 1.29 is 39.4 Å². The van der Waals surface area contributed by atoms with Gasteiger partial charge in [-0.1, -0.05) is 61.8 Å². The molecule has 0 saturated carbocycles. The zero-order valence-corrected chi connectivity index (χ0v) is 27.7. The zero-order valence-electron chi connectivity index (χ0n) is 25.3. The summed E-state index contributed by atoms with van der Waals surface area (Å²) in [5.41, 5.74) is 6.98. The molecule has 2 heterocycles. The number of anilines is 1. The van der Waals surface area contributed by atoms with Crippen molar-refractivity contribution in [3.05, 3.63) is 95.2 Å². The average molecular weight is 689 g/mol. The summed E-state index contributed by atoms with van der Waals surface area (Å²) < 4.78 is 76.4. The van der Waals surface area contributed by atoms with E-state index in [1.54, 1.807) is 35.8 Å². The number of nitrogens with one attached hydrogen (secondary N) is 1. The SMILES string of the molecule is CCNOS(=O)(=O)CCCN1C(=CC(=Cc2oc3ccc(-c4ccccc4)cc3[n+]2CCS(=O)(=O)O)CC)Oc2ccc(Cl)cc21. The average Bonchev–Trinajstić information content (AvgIpc) is 3.54. The molecular weight excluding hydrogens is 654 g/mol. The fourth-order valence-electron chi connectivity index (χ4n) is 5.02. The summed E-state index contributed by atoms with van der Waals surface area (Å²) in [6.07, 6.45) is 4.42. The summed E-state index contributed by atoms with van der Waals surface area (Å²) in [4.78, 5) is 1.85. The maximum atomic E-state index is 12.2. The van der Waals surface area contributed by atoms with Crippen LogP contribution >= 0.6 is 11.6 Å². The number of ether oxygens (including phenoxy) is 1. The summed E-state index contributed by atoms with van der Waals surface area (Å²) in [7, 11) is -8.03. The number of benzene rings is 3. The normalized spacial score (nSPS) is 14.7. The van der Waals surface area contributed by atoms with Crippen LogP contribution in [0.15, 0.2) is 88.7 Å². The van der Waals surface area contributed by atoms with Crippen LogP contribution in [0.25, 0.3) is 28.3 Å². The van der Waals surface area contributed by atoms with Gasteiger partial charge in [-0.25, -0.2) is 0 Å². The largest absolute Gasteiger partial charge is 0.439 e. The summed E-state index contributed by atoms with van der Waals surface area (Å²) in [6, 6.07) is 20.7. The third-order valence-corrected chi connectivity index (χ3v) is 9.33. The highest BCUT2D eigenvalue weighted by atomic mass is 35.5. The molecule has 46 heavy (non-hydrogen) atoms. The zero-order chi connectivity index (χ0) is 32.9. The molecule has 0 amide bonds. The van der Waals surface area contributed by atoms with Gasteiger partial charge in [0.25, 0.3) is 25.8 Å². The minimum atomic E-state index is -4.26. The first kappa shape index (κ1) is 33.6. The van der Waals surface area contributed by atoms with Crippen LogP contribution in [0, 0.1) is 0 Å². The highest BCUT2D eigenvalue weighted by Crippen LogP contribution is 2.41. The van der Waals surface area contributed by atoms with Crippen molar-refractivity contribution in [2.24, 2.45) is 0 Å². The van der Waals surface area contributed by atoms with Gasteiger partial charge in [-0.05, 0) is 53.8 Å². The Morgan fingerprint density at radius 1 is 1.02 bits per heavy atom. The Kier molecular flexibility index (Phi) is 10.5. The smallest absolute Gasteiger partial charge is 0.374 e.